The lowest BCUT2D eigenvalue weighted by atomic mass is 10.1. The quantitative estimate of drug-likeness (QED) is 0.674. The minimum Gasteiger partial charge on any atom is -0.449 e. The van der Waals surface area contributed by atoms with E-state index in [4.69, 9.17) is 10.5 Å². The molecule has 0 spiro atoms. The molecule has 26 heavy (non-hydrogen) atoms. The topological polar surface area (TPSA) is 68.5 Å². The Labute approximate surface area is 159 Å². The van der Waals surface area contributed by atoms with E-state index >= 15 is 0 Å². The van der Waals surface area contributed by atoms with Crippen LogP contribution in [0.4, 0.5) is 10.8 Å². The number of nitrogen functional groups attached to an aromatic ring is 1. The summed E-state index contributed by atoms with van der Waals surface area (Å²) >= 11 is 3.02. The second-order valence-corrected chi connectivity index (χ2v) is 8.03. The van der Waals surface area contributed by atoms with Crippen molar-refractivity contribution in [1.82, 2.24) is 4.98 Å². The Morgan fingerprint density at radius 2 is 2.19 bits per heavy atom. The predicted molar refractivity (Wildman–Crippen MR) is 108 cm³/mol. The second-order valence-electron chi connectivity index (χ2n) is 5.81. The summed E-state index contributed by atoms with van der Waals surface area (Å²) in [5.74, 6) is 0.863. The molecule has 0 saturated carbocycles. The fraction of sp³-hybridized carbons (Fsp3) is 0.158. The molecule has 3 heterocycles. The number of likely N-dealkylation sites (N-methyl/N-ethyl adjacent to an activating group) is 1. The summed E-state index contributed by atoms with van der Waals surface area (Å²) in [5, 5.41) is 2.51. The number of aromatic nitrogens is 1. The number of amides is 1. The number of benzene rings is 1. The summed E-state index contributed by atoms with van der Waals surface area (Å²) in [7, 11) is 0. The molecule has 1 aliphatic rings. The van der Waals surface area contributed by atoms with Crippen molar-refractivity contribution in [2.75, 3.05) is 17.2 Å². The molecule has 0 atom stereocenters. The Balaban J connectivity index is 1.77. The maximum Gasteiger partial charge on any atom is 0.294 e. The van der Waals surface area contributed by atoms with Crippen LogP contribution in [0, 0.1) is 6.92 Å². The average Bonchev–Trinajstić information content (AvgIpc) is 3.24. The highest BCUT2D eigenvalue weighted by Crippen LogP contribution is 2.40. The molecule has 7 heteroatoms. The van der Waals surface area contributed by atoms with Gasteiger partial charge in [-0.15, -0.1) is 22.7 Å². The van der Waals surface area contributed by atoms with Gasteiger partial charge in [0.1, 0.15) is 0 Å². The van der Waals surface area contributed by atoms with Gasteiger partial charge >= 0.3 is 0 Å². The van der Waals surface area contributed by atoms with E-state index in [9.17, 15) is 4.79 Å². The molecule has 0 unspecified atom stereocenters. The highest BCUT2D eigenvalue weighted by Gasteiger charge is 2.30. The Hall–Kier alpha value is -2.64. The van der Waals surface area contributed by atoms with E-state index in [0.717, 1.165) is 26.7 Å². The number of hydrogen-bond acceptors (Lipinski definition) is 6. The van der Waals surface area contributed by atoms with Gasteiger partial charge in [-0.1, -0.05) is 6.07 Å². The lowest BCUT2D eigenvalue weighted by molar-refractivity contribution is -0.117. The third-order valence-corrected chi connectivity index (χ3v) is 5.76. The largest absolute Gasteiger partial charge is 0.449 e. The number of carbonyl (C=O) groups excluding carboxylic acids is 1. The van der Waals surface area contributed by atoms with Gasteiger partial charge in [-0.05, 0) is 43.5 Å². The molecule has 4 rings (SSSR count). The molecule has 5 nitrogen and oxygen atoms in total. The number of anilines is 2. The summed E-state index contributed by atoms with van der Waals surface area (Å²) in [6.07, 6.45) is 1.79. The fourth-order valence-corrected chi connectivity index (χ4v) is 4.32. The summed E-state index contributed by atoms with van der Waals surface area (Å²) in [6.45, 7) is 4.50. The van der Waals surface area contributed by atoms with Crippen LogP contribution >= 0.6 is 22.7 Å². The number of nitrogens with zero attached hydrogens (tertiary/aromatic N) is 2. The SMILES string of the molecule is CCN1C(=O)/C(=C\c2cccs2)Oc2ccc(-c3nc(N)sc3C)cc21. The molecule has 132 valence electrons. The third kappa shape index (κ3) is 2.89. The van der Waals surface area contributed by atoms with Crippen LogP contribution in [-0.2, 0) is 4.79 Å². The molecule has 0 fully saturated rings. The van der Waals surface area contributed by atoms with Crippen LogP contribution < -0.4 is 15.4 Å². The van der Waals surface area contributed by atoms with Crippen molar-refractivity contribution in [2.24, 2.45) is 0 Å². The van der Waals surface area contributed by atoms with Crippen molar-refractivity contribution in [3.8, 4) is 17.0 Å². The van der Waals surface area contributed by atoms with Gasteiger partial charge in [0.2, 0.25) is 0 Å². The van der Waals surface area contributed by atoms with Gasteiger partial charge in [-0.2, -0.15) is 0 Å². The standard InChI is InChI=1S/C19H17N3O2S2/c1-3-22-14-9-12(17-11(2)26-19(20)21-17)6-7-15(14)24-16(18(22)23)10-13-5-4-8-25-13/h4-10H,3H2,1-2H3,(H2,20,21)/b16-10+. The molecule has 1 aliphatic heterocycles. The average molecular weight is 383 g/mol. The first-order chi connectivity index (χ1) is 12.6. The Morgan fingerprint density at radius 1 is 1.35 bits per heavy atom. The van der Waals surface area contributed by atoms with E-state index in [1.165, 1.54) is 11.3 Å². The van der Waals surface area contributed by atoms with Crippen molar-refractivity contribution >= 4 is 45.5 Å². The number of hydrogen-bond donors (Lipinski definition) is 1. The molecular weight excluding hydrogens is 366 g/mol. The smallest absolute Gasteiger partial charge is 0.294 e. The van der Waals surface area contributed by atoms with Gasteiger partial charge in [-0.25, -0.2) is 4.98 Å². The molecule has 3 aromatic rings. The molecule has 1 amide bonds. The Morgan fingerprint density at radius 3 is 2.85 bits per heavy atom. The van der Waals surface area contributed by atoms with Crippen LogP contribution in [0.15, 0.2) is 41.5 Å². The van der Waals surface area contributed by atoms with Crippen LogP contribution in [0.3, 0.4) is 0 Å². The molecule has 1 aromatic carbocycles. The highest BCUT2D eigenvalue weighted by atomic mass is 32.1. The predicted octanol–water partition coefficient (Wildman–Crippen LogP) is 4.55. The van der Waals surface area contributed by atoms with E-state index in [2.05, 4.69) is 4.98 Å². The van der Waals surface area contributed by atoms with Crippen molar-refractivity contribution in [1.29, 1.82) is 0 Å². The Kier molecular flexibility index (Phi) is 4.26. The molecule has 0 aliphatic carbocycles. The van der Waals surface area contributed by atoms with E-state index in [1.54, 1.807) is 22.3 Å². The number of fused-ring (bicyclic) bond motifs is 1. The number of ether oxygens (including phenoxy) is 1. The Bertz CT molecular complexity index is 1010. The lowest BCUT2D eigenvalue weighted by Gasteiger charge is -2.30. The minimum absolute atomic E-state index is 0.139. The number of thiazole rings is 1. The first-order valence-corrected chi connectivity index (χ1v) is 9.88. The number of nitrogens with two attached hydrogens (primary N) is 1. The number of aryl methyl sites for hydroxylation is 1. The molecular formula is C19H17N3O2S2. The molecule has 0 saturated heterocycles. The first-order valence-electron chi connectivity index (χ1n) is 8.19. The monoisotopic (exact) mass is 383 g/mol. The zero-order valence-electron chi connectivity index (χ0n) is 14.4. The van der Waals surface area contributed by atoms with E-state index in [0.29, 0.717) is 23.2 Å². The lowest BCUT2D eigenvalue weighted by Crippen LogP contribution is -2.37. The van der Waals surface area contributed by atoms with Gasteiger partial charge < -0.3 is 15.4 Å². The molecule has 2 N–H and O–H groups in total. The molecule has 2 aromatic heterocycles. The van der Waals surface area contributed by atoms with Gasteiger partial charge in [0, 0.05) is 27.9 Å². The third-order valence-electron chi connectivity index (χ3n) is 4.14. The van der Waals surface area contributed by atoms with Crippen LogP contribution in [0.5, 0.6) is 5.75 Å². The summed E-state index contributed by atoms with van der Waals surface area (Å²) in [4.78, 5) is 21.0. The number of thiophene rings is 1. The zero-order chi connectivity index (χ0) is 18.3. The maximum absolute atomic E-state index is 12.9. The van der Waals surface area contributed by atoms with Crippen LogP contribution in [0.25, 0.3) is 17.3 Å². The summed E-state index contributed by atoms with van der Waals surface area (Å²) in [6, 6.07) is 9.69. The second kappa shape index (κ2) is 6.59. The van der Waals surface area contributed by atoms with Crippen LogP contribution in [-0.4, -0.2) is 17.4 Å². The van der Waals surface area contributed by atoms with Crippen LogP contribution in [0.2, 0.25) is 0 Å². The fourth-order valence-electron chi connectivity index (χ4n) is 2.96. The highest BCUT2D eigenvalue weighted by molar-refractivity contribution is 7.15. The van der Waals surface area contributed by atoms with E-state index in [1.807, 2.05) is 49.6 Å². The molecule has 0 bridgehead atoms. The van der Waals surface area contributed by atoms with Gasteiger partial charge in [0.25, 0.3) is 5.91 Å². The summed E-state index contributed by atoms with van der Waals surface area (Å²) < 4.78 is 5.91. The molecule has 0 radical (unpaired) electrons. The minimum atomic E-state index is -0.139. The van der Waals surface area contributed by atoms with Gasteiger partial charge in [0.15, 0.2) is 16.6 Å². The normalized spacial score (nSPS) is 15.2. The number of carbonyl (C=O) groups is 1. The van der Waals surface area contributed by atoms with Crippen molar-refractivity contribution < 1.29 is 9.53 Å². The van der Waals surface area contributed by atoms with Gasteiger partial charge in [-0.3, -0.25) is 4.79 Å². The summed E-state index contributed by atoms with van der Waals surface area (Å²) in [5.41, 5.74) is 8.35. The van der Waals surface area contributed by atoms with Gasteiger partial charge in [0.05, 0.1) is 11.4 Å². The first kappa shape index (κ1) is 16.8. The van der Waals surface area contributed by atoms with E-state index < -0.39 is 0 Å². The van der Waals surface area contributed by atoms with Crippen molar-refractivity contribution in [2.45, 2.75) is 13.8 Å². The van der Waals surface area contributed by atoms with Crippen molar-refractivity contribution in [3.63, 3.8) is 0 Å². The van der Waals surface area contributed by atoms with Crippen molar-refractivity contribution in [3.05, 3.63) is 51.2 Å². The maximum atomic E-state index is 12.9. The zero-order valence-corrected chi connectivity index (χ0v) is 16.0. The number of rotatable bonds is 3. The van der Waals surface area contributed by atoms with Crippen LogP contribution in [0.1, 0.15) is 16.7 Å². The van der Waals surface area contributed by atoms with E-state index in [-0.39, 0.29) is 5.91 Å².